The van der Waals surface area contributed by atoms with E-state index in [1.165, 1.54) is 19.3 Å². The van der Waals surface area contributed by atoms with Crippen LogP contribution in [0.1, 0.15) is 52.9 Å². The van der Waals surface area contributed by atoms with E-state index in [0.717, 1.165) is 17.8 Å². The number of hydrogen-bond donors (Lipinski definition) is 7. The average molecular weight is 874 g/mol. The van der Waals surface area contributed by atoms with E-state index in [1.807, 2.05) is 18.9 Å². The van der Waals surface area contributed by atoms with Crippen molar-refractivity contribution in [3.63, 3.8) is 0 Å². The zero-order valence-electron chi connectivity index (χ0n) is 29.2. The van der Waals surface area contributed by atoms with E-state index in [0.29, 0.717) is 0 Å². The molecule has 0 aromatic carbocycles. The molecule has 19 atom stereocenters. The SMILES string of the molecule is CC[C@H]1CC[C@@H](C)[C@@H]1C.O=S(=O)([O-])O[C@@H]([C@H](O)[C@H](O)CO)[C@@H](O)CC1C[C@@H](O)[C@H](O)[C@H]1CO.O=S1(=O)OC[C@H](OP)[C@H]([C@H](OP)[C@@H](COP)OP)O1. The van der Waals surface area contributed by atoms with Crippen LogP contribution >= 0.6 is 37.9 Å². The van der Waals surface area contributed by atoms with Crippen LogP contribution in [0.3, 0.4) is 0 Å². The van der Waals surface area contributed by atoms with Crippen LogP contribution in [0.25, 0.3) is 0 Å². The lowest BCUT2D eigenvalue weighted by molar-refractivity contribution is -0.111. The van der Waals surface area contributed by atoms with Crippen molar-refractivity contribution < 1.29 is 87.8 Å². The molecule has 19 nitrogen and oxygen atoms in total. The quantitative estimate of drug-likeness (QED) is 0.0508. The van der Waals surface area contributed by atoms with Crippen LogP contribution in [0.5, 0.6) is 0 Å². The zero-order valence-corrected chi connectivity index (χ0v) is 35.4. The summed E-state index contributed by atoms with van der Waals surface area (Å²) in [5.74, 6) is 1.57. The first-order valence-electron chi connectivity index (χ1n) is 16.5. The molecule has 2 aliphatic carbocycles. The summed E-state index contributed by atoms with van der Waals surface area (Å²) in [6.45, 7) is 5.60. The maximum Gasteiger partial charge on any atom is 0.400 e. The minimum absolute atomic E-state index is 0.0149. The minimum Gasteiger partial charge on any atom is -0.726 e. The minimum atomic E-state index is -5.34. The Bertz CT molecular complexity index is 1210. The highest BCUT2D eigenvalue weighted by molar-refractivity contribution is 7.82. The van der Waals surface area contributed by atoms with Crippen LogP contribution in [0.15, 0.2) is 0 Å². The molecular formula is C27H57O19P4S2-. The van der Waals surface area contributed by atoms with Gasteiger partial charge in [0.05, 0.1) is 38.1 Å². The molecule has 1 saturated heterocycles. The van der Waals surface area contributed by atoms with Gasteiger partial charge in [-0.3, -0.25) is 4.18 Å². The fourth-order valence-electron chi connectivity index (χ4n) is 6.55. The second kappa shape index (κ2) is 24.7. The molecular weight excluding hydrogens is 816 g/mol. The summed E-state index contributed by atoms with van der Waals surface area (Å²) in [5.41, 5.74) is 0. The van der Waals surface area contributed by atoms with Gasteiger partial charge in [0.25, 0.3) is 0 Å². The molecule has 25 heteroatoms. The highest BCUT2D eigenvalue weighted by atomic mass is 32.3. The molecule has 3 fully saturated rings. The normalized spacial score (nSPS) is 33.8. The van der Waals surface area contributed by atoms with Crippen LogP contribution < -0.4 is 0 Å². The van der Waals surface area contributed by atoms with Gasteiger partial charge in [0.1, 0.15) is 42.7 Å². The van der Waals surface area contributed by atoms with Crippen molar-refractivity contribution >= 4 is 58.7 Å². The summed E-state index contributed by atoms with van der Waals surface area (Å²) in [5, 5.41) is 66.6. The Morgan fingerprint density at radius 1 is 0.981 bits per heavy atom. The summed E-state index contributed by atoms with van der Waals surface area (Å²) < 4.78 is 88.7. The second-order valence-electron chi connectivity index (χ2n) is 13.0. The van der Waals surface area contributed by atoms with Crippen molar-refractivity contribution in [1.29, 1.82) is 0 Å². The maximum absolute atomic E-state index is 11.4. The summed E-state index contributed by atoms with van der Waals surface area (Å²) in [6.07, 6.45) is -9.14. The lowest BCUT2D eigenvalue weighted by Crippen LogP contribution is -2.53. The molecule has 0 bridgehead atoms. The Balaban J connectivity index is 0.000000427. The summed E-state index contributed by atoms with van der Waals surface area (Å²) >= 11 is 0. The third-order valence-corrected chi connectivity index (χ3v) is 12.4. The van der Waals surface area contributed by atoms with Gasteiger partial charge in [-0.25, -0.2) is 16.8 Å². The molecule has 7 N–H and O–H groups in total. The van der Waals surface area contributed by atoms with Crippen molar-refractivity contribution in [3.8, 4) is 0 Å². The van der Waals surface area contributed by atoms with Gasteiger partial charge in [0, 0.05) is 50.4 Å². The highest BCUT2D eigenvalue weighted by Crippen LogP contribution is 2.38. The van der Waals surface area contributed by atoms with Gasteiger partial charge in [0.2, 0.25) is 10.4 Å². The van der Waals surface area contributed by atoms with Crippen LogP contribution in [-0.2, 0) is 51.4 Å². The molecule has 0 aromatic heterocycles. The first-order valence-corrected chi connectivity index (χ1v) is 21.0. The van der Waals surface area contributed by atoms with Crippen molar-refractivity contribution in [3.05, 3.63) is 0 Å². The Morgan fingerprint density at radius 3 is 2.04 bits per heavy atom. The Morgan fingerprint density at radius 2 is 1.62 bits per heavy atom. The Kier molecular flexibility index (Phi) is 24.3. The molecule has 0 aromatic rings. The average Bonchev–Trinajstić information content (AvgIpc) is 3.56. The molecule has 3 rings (SSSR count). The predicted molar refractivity (Wildman–Crippen MR) is 195 cm³/mol. The highest BCUT2D eigenvalue weighted by Gasteiger charge is 2.45. The van der Waals surface area contributed by atoms with E-state index in [4.69, 9.17) is 27.4 Å². The Hall–Kier alpha value is 1.02. The molecule has 2 saturated carbocycles. The Labute approximate surface area is 315 Å². The van der Waals surface area contributed by atoms with Gasteiger partial charge in [-0.05, 0) is 42.9 Å². The molecule has 52 heavy (non-hydrogen) atoms. The number of aliphatic hydroxyl groups excluding tert-OH is 7. The van der Waals surface area contributed by atoms with Gasteiger partial charge in [-0.15, -0.1) is 0 Å². The third-order valence-electron chi connectivity index (χ3n) is 9.85. The van der Waals surface area contributed by atoms with Crippen molar-refractivity contribution in [2.75, 3.05) is 26.4 Å². The largest absolute Gasteiger partial charge is 0.726 e. The van der Waals surface area contributed by atoms with E-state index in [9.17, 15) is 52.0 Å². The van der Waals surface area contributed by atoms with Crippen LogP contribution in [0.4, 0.5) is 0 Å². The number of hydrogen-bond acceptors (Lipinski definition) is 19. The monoisotopic (exact) mass is 873 g/mol. The van der Waals surface area contributed by atoms with E-state index in [-0.39, 0.29) is 26.1 Å². The van der Waals surface area contributed by atoms with Crippen LogP contribution in [0, 0.1) is 29.6 Å². The predicted octanol–water partition coefficient (Wildman–Crippen LogP) is -1.30. The zero-order chi connectivity index (χ0) is 40.0. The first kappa shape index (κ1) is 51.0. The van der Waals surface area contributed by atoms with Crippen molar-refractivity contribution in [2.24, 2.45) is 29.6 Å². The van der Waals surface area contributed by atoms with E-state index < -0.39 is 107 Å². The van der Waals surface area contributed by atoms with Gasteiger partial charge in [0.15, 0.2) is 0 Å². The molecule has 1 heterocycles. The van der Waals surface area contributed by atoms with Crippen molar-refractivity contribution in [2.45, 2.75) is 114 Å². The smallest absolute Gasteiger partial charge is 0.400 e. The van der Waals surface area contributed by atoms with Gasteiger partial charge >= 0.3 is 10.4 Å². The van der Waals surface area contributed by atoms with E-state index in [1.54, 1.807) is 0 Å². The van der Waals surface area contributed by atoms with Gasteiger partial charge in [-0.1, -0.05) is 33.6 Å². The molecule has 5 unspecified atom stereocenters. The molecule has 0 amide bonds. The molecule has 3 aliphatic rings. The lowest BCUT2D eigenvalue weighted by atomic mass is 9.87. The van der Waals surface area contributed by atoms with Gasteiger partial charge in [-0.2, -0.15) is 8.42 Å². The lowest BCUT2D eigenvalue weighted by Gasteiger charge is -2.36. The van der Waals surface area contributed by atoms with Crippen LogP contribution in [0.2, 0.25) is 0 Å². The topological polar surface area (TPSA) is 298 Å². The molecule has 0 radical (unpaired) electrons. The third kappa shape index (κ3) is 16.1. The summed E-state index contributed by atoms with van der Waals surface area (Å²) in [4.78, 5) is 0. The molecule has 0 spiro atoms. The standard InChI is InChI=1S/C12H24O11S.C9H18.C6H16O8P4S/c13-3-6-5(1-7(15)10(6)18)2-8(16)12(23-24(20,21)22)11(19)9(17)4-14;1-4-9-6-5-7(2)8(9)3;7-19(8)10-2-4(12-17)6(14-19)5(13-18)3(11-16)1-9-15/h5-19H,1-4H2,(H,20,21,22);7-9H,4-6H2,1-3H3;3-6H,1-2,15-18H2/p-1/t5?,6-,7+,8-,9+,10+,11+,12+;7-,8+,9+;3-,4+,5-,6-/m011/s1. The first-order chi connectivity index (χ1) is 24.3. The van der Waals surface area contributed by atoms with E-state index >= 15 is 0 Å². The fraction of sp³-hybridized carbons (Fsp3) is 1.00. The van der Waals surface area contributed by atoms with Gasteiger partial charge < -0.3 is 58.4 Å². The number of aliphatic hydroxyl groups is 7. The number of rotatable bonds is 17. The molecule has 312 valence electrons. The summed E-state index contributed by atoms with van der Waals surface area (Å²) in [7, 11) is -1.20. The summed E-state index contributed by atoms with van der Waals surface area (Å²) in [6, 6.07) is 0. The molecule has 1 aliphatic heterocycles. The second-order valence-corrected chi connectivity index (χ2v) is 16.4. The fourth-order valence-corrected chi connectivity index (χ4v) is 8.92. The van der Waals surface area contributed by atoms with E-state index in [2.05, 4.69) is 48.1 Å². The van der Waals surface area contributed by atoms with Crippen molar-refractivity contribution in [1.82, 2.24) is 0 Å². The van der Waals surface area contributed by atoms with Crippen LogP contribution in [-0.4, -0.2) is 145 Å². The maximum atomic E-state index is 11.4.